The van der Waals surface area contributed by atoms with Crippen LogP contribution in [0, 0.1) is 0 Å². The third-order valence-electron chi connectivity index (χ3n) is 1.94. The fourth-order valence-electron chi connectivity index (χ4n) is 1.01. The molecule has 0 aromatic heterocycles. The highest BCUT2D eigenvalue weighted by molar-refractivity contribution is 5.77. The van der Waals surface area contributed by atoms with Crippen LogP contribution >= 0.6 is 0 Å². The number of hydrogen-bond acceptors (Lipinski definition) is 5. The third kappa shape index (κ3) is 4.82. The normalized spacial score (nSPS) is 16.9. The number of aliphatic hydroxyl groups is 1. The molecule has 0 heterocycles. The highest BCUT2D eigenvalue weighted by Gasteiger charge is 2.41. The standard InChI is InChI=1S/C10H17F2NO5/c1-9(2,3)18-8(16)13-5(6(11)12)10(4,17)7(14)15/h5-6,17H,1-4H3,(H,13,16)(H,14,15)/p-1/t5-,10+/m0/s1. The van der Waals surface area contributed by atoms with Crippen molar-refractivity contribution in [1.82, 2.24) is 5.32 Å². The molecule has 8 heteroatoms. The molecule has 1 amide bonds. The number of carboxylic acids is 1. The average Bonchev–Trinajstić information content (AvgIpc) is 2.10. The zero-order chi connectivity index (χ0) is 14.7. The van der Waals surface area contributed by atoms with E-state index in [9.17, 15) is 28.6 Å². The Bertz CT molecular complexity index is 325. The second-order valence-corrected chi connectivity index (χ2v) is 4.89. The van der Waals surface area contributed by atoms with E-state index in [1.165, 1.54) is 20.8 Å². The van der Waals surface area contributed by atoms with Crippen molar-refractivity contribution in [2.24, 2.45) is 0 Å². The zero-order valence-electron chi connectivity index (χ0n) is 10.5. The molecule has 0 unspecified atom stereocenters. The highest BCUT2D eigenvalue weighted by Crippen LogP contribution is 2.17. The van der Waals surface area contributed by atoms with Gasteiger partial charge in [-0.3, -0.25) is 0 Å². The van der Waals surface area contributed by atoms with Gasteiger partial charge in [-0.1, -0.05) is 0 Å². The Morgan fingerprint density at radius 1 is 1.28 bits per heavy atom. The van der Waals surface area contributed by atoms with E-state index < -0.39 is 35.7 Å². The maximum absolute atomic E-state index is 12.6. The molecule has 0 saturated heterocycles. The molecule has 2 atom stereocenters. The van der Waals surface area contributed by atoms with E-state index in [0.29, 0.717) is 6.92 Å². The number of amides is 1. The molecule has 18 heavy (non-hydrogen) atoms. The molecule has 106 valence electrons. The number of rotatable bonds is 4. The second-order valence-electron chi connectivity index (χ2n) is 4.89. The van der Waals surface area contributed by atoms with E-state index in [2.05, 4.69) is 4.74 Å². The lowest BCUT2D eigenvalue weighted by molar-refractivity contribution is -0.326. The number of aliphatic carboxylic acids is 1. The summed E-state index contributed by atoms with van der Waals surface area (Å²) in [5.74, 6) is -2.12. The van der Waals surface area contributed by atoms with E-state index in [-0.39, 0.29) is 0 Å². The van der Waals surface area contributed by atoms with Crippen molar-refractivity contribution in [2.45, 2.75) is 51.4 Å². The molecule has 2 N–H and O–H groups in total. The third-order valence-corrected chi connectivity index (χ3v) is 1.94. The van der Waals surface area contributed by atoms with Gasteiger partial charge in [0.25, 0.3) is 6.43 Å². The van der Waals surface area contributed by atoms with Crippen LogP contribution in [-0.2, 0) is 9.53 Å². The number of carbonyl (C=O) groups excluding carboxylic acids is 2. The molecule has 6 nitrogen and oxygen atoms in total. The first-order valence-corrected chi connectivity index (χ1v) is 5.09. The van der Waals surface area contributed by atoms with Gasteiger partial charge in [-0.2, -0.15) is 0 Å². The molecule has 0 spiro atoms. The number of alkyl halides is 2. The topological polar surface area (TPSA) is 98.7 Å². The Kier molecular flexibility index (Phi) is 5.03. The van der Waals surface area contributed by atoms with Gasteiger partial charge in [-0.15, -0.1) is 0 Å². The van der Waals surface area contributed by atoms with Crippen LogP contribution in [0.4, 0.5) is 13.6 Å². The molecule has 0 aliphatic rings. The van der Waals surface area contributed by atoms with Gasteiger partial charge in [0.1, 0.15) is 17.2 Å². The number of nitrogens with one attached hydrogen (secondary N) is 1. The van der Waals surface area contributed by atoms with Crippen molar-refractivity contribution in [1.29, 1.82) is 0 Å². The van der Waals surface area contributed by atoms with Gasteiger partial charge < -0.3 is 25.1 Å². The zero-order valence-corrected chi connectivity index (χ0v) is 10.5. The minimum atomic E-state index is -3.30. The molecule has 0 rings (SSSR count). The van der Waals surface area contributed by atoms with Crippen LogP contribution < -0.4 is 10.4 Å². The summed E-state index contributed by atoms with van der Waals surface area (Å²) in [6.07, 6.45) is -4.56. The van der Waals surface area contributed by atoms with Crippen molar-refractivity contribution >= 4 is 12.1 Å². The lowest BCUT2D eigenvalue weighted by Crippen LogP contribution is -2.63. The van der Waals surface area contributed by atoms with E-state index in [4.69, 9.17) is 0 Å². The molecule has 0 aliphatic carbocycles. The van der Waals surface area contributed by atoms with Crippen LogP contribution in [0.15, 0.2) is 0 Å². The molecule has 0 saturated carbocycles. The van der Waals surface area contributed by atoms with Crippen LogP contribution in [0.25, 0.3) is 0 Å². The first-order chi connectivity index (χ1) is 7.88. The largest absolute Gasteiger partial charge is 0.547 e. The van der Waals surface area contributed by atoms with Crippen molar-refractivity contribution in [3.05, 3.63) is 0 Å². The molecule has 0 aromatic carbocycles. The Hall–Kier alpha value is -1.44. The van der Waals surface area contributed by atoms with Gasteiger partial charge in [0.2, 0.25) is 0 Å². The fourth-order valence-corrected chi connectivity index (χ4v) is 1.01. The molecular weight excluding hydrogens is 252 g/mol. The SMILES string of the molecule is CC(C)(C)OC(=O)N[C@@H](C(F)F)[C@@](C)(O)C(=O)[O-]. The van der Waals surface area contributed by atoms with Crippen LogP contribution in [0.2, 0.25) is 0 Å². The van der Waals surface area contributed by atoms with Gasteiger partial charge in [-0.25, -0.2) is 13.6 Å². The number of carboxylic acid groups (broad SMARTS) is 1. The van der Waals surface area contributed by atoms with E-state index >= 15 is 0 Å². The van der Waals surface area contributed by atoms with E-state index in [0.717, 1.165) is 0 Å². The monoisotopic (exact) mass is 268 g/mol. The molecule has 0 aliphatic heterocycles. The Labute approximate surface area is 103 Å². The Balaban J connectivity index is 4.86. The molecule has 0 aromatic rings. The lowest BCUT2D eigenvalue weighted by atomic mass is 9.97. The Morgan fingerprint density at radius 2 is 1.72 bits per heavy atom. The molecule has 0 radical (unpaired) electrons. The first kappa shape index (κ1) is 16.6. The summed E-state index contributed by atoms with van der Waals surface area (Å²) in [4.78, 5) is 21.8. The average molecular weight is 268 g/mol. The predicted molar refractivity (Wildman–Crippen MR) is 54.8 cm³/mol. The van der Waals surface area contributed by atoms with Crippen LogP contribution in [0.1, 0.15) is 27.7 Å². The fraction of sp³-hybridized carbons (Fsp3) is 0.800. The summed E-state index contributed by atoms with van der Waals surface area (Å²) in [5, 5.41) is 21.5. The predicted octanol–water partition coefficient (Wildman–Crippen LogP) is -0.354. The Morgan fingerprint density at radius 3 is 2.00 bits per heavy atom. The maximum Gasteiger partial charge on any atom is 0.408 e. The van der Waals surface area contributed by atoms with Gasteiger partial charge in [-0.05, 0) is 27.7 Å². The van der Waals surface area contributed by atoms with Crippen LogP contribution in [0.5, 0.6) is 0 Å². The molecule has 0 fully saturated rings. The van der Waals surface area contributed by atoms with Gasteiger partial charge in [0, 0.05) is 0 Å². The first-order valence-electron chi connectivity index (χ1n) is 5.09. The van der Waals surface area contributed by atoms with Crippen LogP contribution in [-0.4, -0.2) is 40.8 Å². The van der Waals surface area contributed by atoms with Crippen molar-refractivity contribution in [3.63, 3.8) is 0 Å². The number of carbonyl (C=O) groups is 2. The number of alkyl carbamates (subject to hydrolysis) is 1. The van der Waals surface area contributed by atoms with Gasteiger partial charge in [0.15, 0.2) is 0 Å². The lowest BCUT2D eigenvalue weighted by Gasteiger charge is -2.34. The van der Waals surface area contributed by atoms with E-state index in [1.54, 1.807) is 5.32 Å². The highest BCUT2D eigenvalue weighted by atomic mass is 19.3. The number of ether oxygens (including phenoxy) is 1. The maximum atomic E-state index is 12.6. The summed E-state index contributed by atoms with van der Waals surface area (Å²) in [6.45, 7) is 5.11. The second kappa shape index (κ2) is 5.47. The van der Waals surface area contributed by atoms with Gasteiger partial charge >= 0.3 is 6.09 Å². The van der Waals surface area contributed by atoms with Crippen molar-refractivity contribution < 1.29 is 33.3 Å². The van der Waals surface area contributed by atoms with Crippen molar-refractivity contribution in [3.8, 4) is 0 Å². The summed E-state index contributed by atoms with van der Waals surface area (Å²) >= 11 is 0. The summed E-state index contributed by atoms with van der Waals surface area (Å²) in [7, 11) is 0. The number of halogens is 2. The van der Waals surface area contributed by atoms with E-state index in [1.807, 2.05) is 0 Å². The van der Waals surface area contributed by atoms with Crippen LogP contribution in [0.3, 0.4) is 0 Å². The number of hydrogen-bond donors (Lipinski definition) is 2. The summed E-state index contributed by atoms with van der Waals surface area (Å²) in [6, 6.07) is -2.34. The summed E-state index contributed by atoms with van der Waals surface area (Å²) in [5.41, 5.74) is -3.85. The smallest absolute Gasteiger partial charge is 0.408 e. The molecule has 0 bridgehead atoms. The minimum Gasteiger partial charge on any atom is -0.547 e. The van der Waals surface area contributed by atoms with Gasteiger partial charge in [0.05, 0.1) is 5.97 Å². The van der Waals surface area contributed by atoms with Crippen molar-refractivity contribution in [2.75, 3.05) is 0 Å². The summed E-state index contributed by atoms with van der Waals surface area (Å²) < 4.78 is 29.9. The quantitative estimate of drug-likeness (QED) is 0.725. The molecular formula is C10H16F2NO5-. The minimum absolute atomic E-state index is 0.608.